The molecule has 0 amide bonds. The van der Waals surface area contributed by atoms with Crippen LogP contribution in [-0.2, 0) is 11.2 Å². The highest BCUT2D eigenvalue weighted by molar-refractivity contribution is 9.10. The molecule has 2 unspecified atom stereocenters. The van der Waals surface area contributed by atoms with Crippen LogP contribution in [0.3, 0.4) is 0 Å². The van der Waals surface area contributed by atoms with E-state index < -0.39 is 0 Å². The normalized spacial score (nSPS) is 20.0. The third-order valence-electron chi connectivity index (χ3n) is 3.57. The molecule has 1 aromatic carbocycles. The SMILES string of the molecule is CNC(c1occc1Br)C1OCCc2ccccc21. The van der Waals surface area contributed by atoms with Crippen LogP contribution in [0.1, 0.15) is 29.0 Å². The van der Waals surface area contributed by atoms with Gasteiger partial charge in [-0.15, -0.1) is 0 Å². The van der Waals surface area contributed by atoms with E-state index in [4.69, 9.17) is 9.15 Å². The molecule has 1 N–H and O–H groups in total. The predicted molar refractivity (Wildman–Crippen MR) is 77.0 cm³/mol. The zero-order valence-corrected chi connectivity index (χ0v) is 12.3. The van der Waals surface area contributed by atoms with Crippen LogP contribution < -0.4 is 5.32 Å². The fraction of sp³-hybridized carbons (Fsp3) is 0.333. The quantitative estimate of drug-likeness (QED) is 0.937. The summed E-state index contributed by atoms with van der Waals surface area (Å²) in [7, 11) is 1.93. The van der Waals surface area contributed by atoms with Crippen LogP contribution in [0.4, 0.5) is 0 Å². The summed E-state index contributed by atoms with van der Waals surface area (Å²) < 4.78 is 12.6. The van der Waals surface area contributed by atoms with Gasteiger partial charge in [-0.1, -0.05) is 24.3 Å². The molecule has 3 rings (SSSR count). The molecule has 2 aromatic rings. The number of furan rings is 1. The second kappa shape index (κ2) is 5.49. The molecule has 100 valence electrons. The fourth-order valence-corrected chi connectivity index (χ4v) is 3.10. The standard InChI is InChI=1S/C15H16BrNO2/c1-17-13(15-12(16)7-9-19-15)14-11-5-3-2-4-10(11)6-8-18-14/h2-5,7,9,13-14,17H,6,8H2,1H3. The van der Waals surface area contributed by atoms with Gasteiger partial charge in [0.1, 0.15) is 11.9 Å². The van der Waals surface area contributed by atoms with E-state index >= 15 is 0 Å². The Hall–Kier alpha value is -1.10. The van der Waals surface area contributed by atoms with Crippen LogP contribution in [0, 0.1) is 0 Å². The lowest BCUT2D eigenvalue weighted by atomic mass is 9.92. The Morgan fingerprint density at radius 3 is 2.89 bits per heavy atom. The van der Waals surface area contributed by atoms with Gasteiger partial charge in [0.15, 0.2) is 0 Å². The van der Waals surface area contributed by atoms with E-state index in [-0.39, 0.29) is 12.1 Å². The second-order valence-corrected chi connectivity index (χ2v) is 5.49. The molecule has 0 spiro atoms. The number of benzene rings is 1. The van der Waals surface area contributed by atoms with Gasteiger partial charge in [0.05, 0.1) is 23.4 Å². The van der Waals surface area contributed by atoms with Crippen LogP contribution >= 0.6 is 15.9 Å². The van der Waals surface area contributed by atoms with E-state index in [9.17, 15) is 0 Å². The van der Waals surface area contributed by atoms with E-state index in [1.807, 2.05) is 13.1 Å². The molecule has 2 atom stereocenters. The minimum absolute atomic E-state index is 0.00539. The molecule has 0 saturated heterocycles. The lowest BCUT2D eigenvalue weighted by Crippen LogP contribution is -2.29. The number of ether oxygens (including phenoxy) is 1. The molecule has 4 heteroatoms. The average molecular weight is 322 g/mol. The van der Waals surface area contributed by atoms with E-state index in [1.165, 1.54) is 11.1 Å². The van der Waals surface area contributed by atoms with Crippen molar-refractivity contribution in [1.82, 2.24) is 5.32 Å². The van der Waals surface area contributed by atoms with Gasteiger partial charge in [-0.05, 0) is 46.6 Å². The highest BCUT2D eigenvalue weighted by atomic mass is 79.9. The topological polar surface area (TPSA) is 34.4 Å². The summed E-state index contributed by atoms with van der Waals surface area (Å²) in [5.74, 6) is 0.879. The van der Waals surface area contributed by atoms with Gasteiger partial charge in [0, 0.05) is 0 Å². The van der Waals surface area contributed by atoms with Crippen molar-refractivity contribution in [2.75, 3.05) is 13.7 Å². The maximum Gasteiger partial charge on any atom is 0.137 e. The van der Waals surface area contributed by atoms with Gasteiger partial charge in [0.2, 0.25) is 0 Å². The minimum atomic E-state index is -0.0163. The molecule has 19 heavy (non-hydrogen) atoms. The summed E-state index contributed by atoms with van der Waals surface area (Å²) in [6.45, 7) is 0.748. The first-order valence-electron chi connectivity index (χ1n) is 6.41. The number of fused-ring (bicyclic) bond motifs is 1. The average Bonchev–Trinajstić information content (AvgIpc) is 2.86. The molecule has 3 nitrogen and oxygen atoms in total. The molecule has 2 heterocycles. The number of halogens is 1. The number of hydrogen-bond acceptors (Lipinski definition) is 3. The van der Waals surface area contributed by atoms with E-state index in [0.29, 0.717) is 0 Å². The second-order valence-electron chi connectivity index (χ2n) is 4.64. The maximum atomic E-state index is 5.99. The molecule has 0 bridgehead atoms. The summed E-state index contributed by atoms with van der Waals surface area (Å²) >= 11 is 3.52. The summed E-state index contributed by atoms with van der Waals surface area (Å²) in [5.41, 5.74) is 2.61. The van der Waals surface area contributed by atoms with Gasteiger partial charge < -0.3 is 14.5 Å². The Morgan fingerprint density at radius 2 is 2.16 bits per heavy atom. The number of nitrogens with one attached hydrogen (secondary N) is 1. The van der Waals surface area contributed by atoms with Crippen LogP contribution in [0.25, 0.3) is 0 Å². The zero-order valence-electron chi connectivity index (χ0n) is 10.7. The van der Waals surface area contributed by atoms with Crippen LogP contribution in [0.15, 0.2) is 45.5 Å². The summed E-state index contributed by atoms with van der Waals surface area (Å²) in [5, 5.41) is 3.31. The van der Waals surface area contributed by atoms with Crippen molar-refractivity contribution < 1.29 is 9.15 Å². The lowest BCUT2D eigenvalue weighted by Gasteiger charge is -2.31. The summed E-state index contributed by atoms with van der Waals surface area (Å²) in [4.78, 5) is 0. The maximum absolute atomic E-state index is 5.99. The minimum Gasteiger partial charge on any atom is -0.466 e. The molecular formula is C15H16BrNO2. The van der Waals surface area contributed by atoms with Crippen LogP contribution in [0.5, 0.6) is 0 Å². The number of likely N-dealkylation sites (N-methyl/N-ethyl adjacent to an activating group) is 1. The van der Waals surface area contributed by atoms with E-state index in [1.54, 1.807) is 6.26 Å². The number of rotatable bonds is 3. The first kappa shape index (κ1) is 12.9. The Balaban J connectivity index is 2.00. The molecule has 0 fully saturated rings. The molecule has 0 saturated carbocycles. The first-order valence-corrected chi connectivity index (χ1v) is 7.20. The first-order chi connectivity index (χ1) is 9.31. The van der Waals surface area contributed by atoms with Gasteiger partial charge in [0.25, 0.3) is 0 Å². The van der Waals surface area contributed by atoms with Crippen molar-refractivity contribution in [3.05, 3.63) is 58.0 Å². The smallest absolute Gasteiger partial charge is 0.137 e. The molecule has 1 aliphatic rings. The van der Waals surface area contributed by atoms with Crippen molar-refractivity contribution in [3.63, 3.8) is 0 Å². The third-order valence-corrected chi connectivity index (χ3v) is 4.23. The predicted octanol–water partition coefficient (Wildman–Crippen LogP) is 3.62. The van der Waals surface area contributed by atoms with Gasteiger partial charge >= 0.3 is 0 Å². The fourth-order valence-electron chi connectivity index (χ4n) is 2.65. The Labute approximate surface area is 121 Å². The van der Waals surface area contributed by atoms with Gasteiger partial charge in [-0.2, -0.15) is 0 Å². The number of hydrogen-bond donors (Lipinski definition) is 1. The molecule has 1 aliphatic heterocycles. The molecule has 0 radical (unpaired) electrons. The van der Waals surface area contributed by atoms with Crippen molar-refractivity contribution >= 4 is 15.9 Å². The Bertz CT molecular complexity index is 567. The summed E-state index contributed by atoms with van der Waals surface area (Å²) in [6, 6.07) is 10.4. The monoisotopic (exact) mass is 321 g/mol. The lowest BCUT2D eigenvalue weighted by molar-refractivity contribution is 0.0113. The van der Waals surface area contributed by atoms with Crippen molar-refractivity contribution in [2.45, 2.75) is 18.6 Å². The molecule has 0 aliphatic carbocycles. The van der Waals surface area contributed by atoms with Gasteiger partial charge in [-0.25, -0.2) is 0 Å². The van der Waals surface area contributed by atoms with Crippen molar-refractivity contribution in [1.29, 1.82) is 0 Å². The molecular weight excluding hydrogens is 306 g/mol. The molecule has 1 aromatic heterocycles. The van der Waals surface area contributed by atoms with Crippen molar-refractivity contribution in [3.8, 4) is 0 Å². The third kappa shape index (κ3) is 2.36. The van der Waals surface area contributed by atoms with Gasteiger partial charge in [-0.3, -0.25) is 0 Å². The Morgan fingerprint density at radius 1 is 1.32 bits per heavy atom. The van der Waals surface area contributed by atoms with Crippen LogP contribution in [0.2, 0.25) is 0 Å². The highest BCUT2D eigenvalue weighted by Gasteiger charge is 2.31. The Kier molecular flexibility index (Phi) is 3.73. The summed E-state index contributed by atoms with van der Waals surface area (Å²) in [6.07, 6.45) is 2.65. The van der Waals surface area contributed by atoms with Crippen molar-refractivity contribution in [2.24, 2.45) is 0 Å². The van der Waals surface area contributed by atoms with Crippen LogP contribution in [-0.4, -0.2) is 13.7 Å². The van der Waals surface area contributed by atoms with E-state index in [2.05, 4.69) is 45.5 Å². The highest BCUT2D eigenvalue weighted by Crippen LogP contribution is 2.39. The zero-order chi connectivity index (χ0) is 13.2. The van der Waals surface area contributed by atoms with E-state index in [0.717, 1.165) is 23.3 Å². The largest absolute Gasteiger partial charge is 0.466 e.